The van der Waals surface area contributed by atoms with Crippen LogP contribution in [0.15, 0.2) is 67.0 Å². The lowest BCUT2D eigenvalue weighted by Gasteiger charge is -2.42. The number of likely N-dealkylation sites (tertiary alicyclic amines) is 1. The summed E-state index contributed by atoms with van der Waals surface area (Å²) >= 11 is 0. The maximum atomic E-state index is 16.1. The second kappa shape index (κ2) is 23.3. The van der Waals surface area contributed by atoms with E-state index < -0.39 is 121 Å². The minimum Gasteiger partial charge on any atom is -0.465 e. The van der Waals surface area contributed by atoms with E-state index in [4.69, 9.17) is 9.72 Å². The highest BCUT2D eigenvalue weighted by molar-refractivity contribution is 5.87. The van der Waals surface area contributed by atoms with Crippen LogP contribution in [0.1, 0.15) is 45.2 Å². The predicted octanol–water partition coefficient (Wildman–Crippen LogP) is 6.28. The third kappa shape index (κ3) is 13.2. The second-order valence-electron chi connectivity index (χ2n) is 20.6. The molecule has 0 spiro atoms. The number of rotatable bonds is 21. The van der Waals surface area contributed by atoms with Crippen molar-refractivity contribution in [1.82, 2.24) is 46.0 Å². The molecule has 0 aliphatic carbocycles. The topological polar surface area (TPSA) is 216 Å². The van der Waals surface area contributed by atoms with Crippen LogP contribution >= 0.6 is 0 Å². The SMILES string of the molecule is COC(=O)N[C@H](C(=O)N[C@@H](Cc1ccc(-c2ccc(N3C[C@H]4C[C@@H]3CN4C3COC3)nc2)cc1)[C@@H](O)CN(Cc1c(F)cc(-c2ccn(CC(F)F)n2)cc1F)NC(=O)[C@@H](NC(=O)O)C(C)(C)C(F)(F)F)C(C)(C)C(F)(F)F. The van der Waals surface area contributed by atoms with Gasteiger partial charge >= 0.3 is 24.5 Å². The maximum Gasteiger partial charge on any atom is 0.407 e. The first-order valence-electron chi connectivity index (χ1n) is 24.4. The van der Waals surface area contributed by atoms with Crippen molar-refractivity contribution in [3.05, 3.63) is 89.8 Å². The first kappa shape index (κ1) is 58.9. The van der Waals surface area contributed by atoms with Crippen LogP contribution in [0.5, 0.6) is 0 Å². The molecule has 5 heterocycles. The van der Waals surface area contributed by atoms with Crippen LogP contribution < -0.4 is 26.3 Å². The quantitative estimate of drug-likeness (QED) is 0.0401. The number of benzene rings is 2. The summed E-state index contributed by atoms with van der Waals surface area (Å²) in [6.07, 6.45) is -15.7. The number of fused-ring (bicyclic) bond motifs is 2. The number of alkyl halides is 8. The Labute approximate surface area is 440 Å². The normalized spacial score (nSPS) is 18.8. The van der Waals surface area contributed by atoms with Crippen LogP contribution in [0.25, 0.3) is 22.4 Å². The molecule has 0 saturated carbocycles. The van der Waals surface area contributed by atoms with Gasteiger partial charge in [-0.05, 0) is 82.0 Å². The summed E-state index contributed by atoms with van der Waals surface area (Å²) < 4.78 is 156. The van der Waals surface area contributed by atoms with Crippen molar-refractivity contribution in [3.63, 3.8) is 0 Å². The third-order valence-electron chi connectivity index (χ3n) is 14.5. The number of aliphatic hydroxyl groups excluding tert-OH is 1. The Bertz CT molecular complexity index is 2760. The molecule has 6 N–H and O–H groups in total. The van der Waals surface area contributed by atoms with Gasteiger partial charge in [0.1, 0.15) is 36.1 Å². The number of hydrazine groups is 1. The fourth-order valence-corrected chi connectivity index (χ4v) is 9.55. The number of anilines is 1. The second-order valence-corrected chi connectivity index (χ2v) is 20.6. The molecule has 6 atom stereocenters. The zero-order chi connectivity index (χ0) is 57.2. The number of carbonyl (C=O) groups is 4. The highest BCUT2D eigenvalue weighted by Crippen LogP contribution is 2.42. The molecular weight excluding hydrogens is 1060 g/mol. The first-order chi connectivity index (χ1) is 36.5. The average Bonchev–Trinajstić information content (AvgIpc) is 4.18. The van der Waals surface area contributed by atoms with Crippen molar-refractivity contribution in [2.24, 2.45) is 10.8 Å². The highest BCUT2D eigenvalue weighted by Gasteiger charge is 2.57. The van der Waals surface area contributed by atoms with Crippen LogP contribution in [0, 0.1) is 22.5 Å². The maximum absolute atomic E-state index is 16.1. The average molecular weight is 1120 g/mol. The van der Waals surface area contributed by atoms with Crippen molar-refractivity contribution < 1.29 is 82.8 Å². The molecule has 78 heavy (non-hydrogen) atoms. The Morgan fingerprint density at radius 3 is 1.94 bits per heavy atom. The Morgan fingerprint density at radius 2 is 1.42 bits per heavy atom. The van der Waals surface area contributed by atoms with E-state index in [1.165, 1.54) is 11.4 Å². The van der Waals surface area contributed by atoms with Gasteiger partial charge in [0.05, 0.1) is 55.0 Å². The number of carboxylic acid groups (broad SMARTS) is 1. The number of aromatic nitrogens is 3. The third-order valence-corrected chi connectivity index (χ3v) is 14.5. The molecule has 18 nitrogen and oxygen atoms in total. The number of halogens is 10. The van der Waals surface area contributed by atoms with E-state index in [9.17, 15) is 64.5 Å². The smallest absolute Gasteiger partial charge is 0.407 e. The molecule has 3 aliphatic rings. The fourth-order valence-electron chi connectivity index (χ4n) is 9.55. The molecule has 7 rings (SSSR count). The number of nitrogens with one attached hydrogen (secondary N) is 4. The summed E-state index contributed by atoms with van der Waals surface area (Å²) in [4.78, 5) is 61.6. The Balaban J connectivity index is 1.20. The van der Waals surface area contributed by atoms with E-state index in [0.29, 0.717) is 67.5 Å². The molecule has 426 valence electrons. The van der Waals surface area contributed by atoms with E-state index in [1.807, 2.05) is 22.9 Å². The molecule has 2 aromatic carbocycles. The molecule has 0 unspecified atom stereocenters. The lowest BCUT2D eigenvalue weighted by Crippen LogP contribution is -2.63. The molecule has 4 amide bonds. The van der Waals surface area contributed by atoms with Gasteiger partial charge in [-0.15, -0.1) is 0 Å². The number of aliphatic hydroxyl groups is 1. The zero-order valence-corrected chi connectivity index (χ0v) is 42.6. The van der Waals surface area contributed by atoms with Gasteiger partial charge in [0.2, 0.25) is 5.91 Å². The van der Waals surface area contributed by atoms with E-state index in [-0.39, 0.29) is 11.3 Å². The molecule has 2 aromatic heterocycles. The van der Waals surface area contributed by atoms with Gasteiger partial charge in [0, 0.05) is 67.3 Å². The van der Waals surface area contributed by atoms with Crippen molar-refractivity contribution in [1.29, 1.82) is 0 Å². The van der Waals surface area contributed by atoms with Crippen LogP contribution in [0.3, 0.4) is 0 Å². The van der Waals surface area contributed by atoms with E-state index >= 15 is 8.78 Å². The Kier molecular flexibility index (Phi) is 17.6. The standard InChI is InChI=1S/C50H58F10N10O8/c1-47(2,49(55,56)57)41(64-46(76)77-5)43(72)62-37(14-26-6-8-27(9-7-26)28-10-11-40(61-18-28)70-20-30-17-31(70)19-69(30)32-24-78-25-32)38(71)22-68(66-44(73)42(63-45(74)75)48(3,4)50(58,59)60)21-33-34(51)15-29(16-35(33)52)36-12-13-67(65-36)23-39(53)54/h6-13,15-16,18,30-32,37-39,41-42,63,71H,14,17,19-25H2,1-5H3,(H,62,72)(H,64,76)(H,66,73)(H,74,75)/t30-,31-,37+,38+,41-,42-/m1/s1. The van der Waals surface area contributed by atoms with Crippen molar-refractivity contribution in [2.45, 2.75) is 115 Å². The monoisotopic (exact) mass is 1120 g/mol. The number of hydrogen-bond acceptors (Lipinski definition) is 12. The number of amides is 4. The first-order valence-corrected chi connectivity index (χ1v) is 24.4. The molecular formula is C50H58F10N10O8. The molecule has 3 saturated heterocycles. The zero-order valence-electron chi connectivity index (χ0n) is 42.6. The number of piperazine rings is 1. The highest BCUT2D eigenvalue weighted by atomic mass is 19.4. The number of nitrogens with zero attached hydrogens (tertiary/aromatic N) is 6. The number of alkyl carbamates (subject to hydrolysis) is 1. The van der Waals surface area contributed by atoms with Crippen LogP contribution in [0.4, 0.5) is 59.3 Å². The number of methoxy groups -OCH3 is 1. The largest absolute Gasteiger partial charge is 0.465 e. The molecule has 0 radical (unpaired) electrons. The number of ether oxygens (including phenoxy) is 2. The van der Waals surface area contributed by atoms with E-state index in [0.717, 1.165) is 68.7 Å². The Morgan fingerprint density at radius 1 is 0.808 bits per heavy atom. The van der Waals surface area contributed by atoms with Crippen molar-refractivity contribution in [2.75, 3.05) is 44.9 Å². The minimum atomic E-state index is -5.27. The summed E-state index contributed by atoms with van der Waals surface area (Å²) in [6, 6.07) is 6.93. The predicted molar refractivity (Wildman–Crippen MR) is 258 cm³/mol. The number of hydrogen-bond donors (Lipinski definition) is 6. The molecule has 2 bridgehead atoms. The van der Waals surface area contributed by atoms with Gasteiger partial charge in [-0.3, -0.25) is 24.6 Å². The fraction of sp³-hybridized carbons (Fsp3) is 0.520. The van der Waals surface area contributed by atoms with Gasteiger partial charge in [-0.25, -0.2) is 37.1 Å². The van der Waals surface area contributed by atoms with Gasteiger partial charge in [0.25, 0.3) is 12.3 Å². The minimum absolute atomic E-state index is 0.163. The summed E-state index contributed by atoms with van der Waals surface area (Å²) in [5.74, 6) is -5.30. The lowest BCUT2D eigenvalue weighted by atomic mass is 9.82. The summed E-state index contributed by atoms with van der Waals surface area (Å²) in [7, 11) is 0.820. The van der Waals surface area contributed by atoms with Gasteiger partial charge in [-0.2, -0.15) is 31.4 Å². The van der Waals surface area contributed by atoms with Crippen LogP contribution in [0.2, 0.25) is 0 Å². The van der Waals surface area contributed by atoms with Crippen molar-refractivity contribution >= 4 is 29.8 Å². The van der Waals surface area contributed by atoms with Gasteiger partial charge in [-0.1, -0.05) is 24.3 Å². The summed E-state index contributed by atoms with van der Waals surface area (Å²) in [5.41, 5.74) is -3.97. The van der Waals surface area contributed by atoms with Gasteiger partial charge < -0.3 is 40.5 Å². The lowest BCUT2D eigenvalue weighted by molar-refractivity contribution is -0.221. The Hall–Kier alpha value is -6.78. The van der Waals surface area contributed by atoms with Crippen molar-refractivity contribution in [3.8, 4) is 22.4 Å². The van der Waals surface area contributed by atoms with Crippen LogP contribution in [-0.2, 0) is 38.6 Å². The molecule has 3 fully saturated rings. The van der Waals surface area contributed by atoms with Gasteiger partial charge in [0.15, 0.2) is 0 Å². The summed E-state index contributed by atoms with van der Waals surface area (Å²) in [5, 5.41) is 31.6. The van der Waals surface area contributed by atoms with E-state index in [2.05, 4.69) is 25.0 Å². The van der Waals surface area contributed by atoms with E-state index in [1.54, 1.807) is 30.5 Å². The summed E-state index contributed by atoms with van der Waals surface area (Å²) in [6.45, 7) is 2.16. The molecule has 4 aromatic rings. The van der Waals surface area contributed by atoms with Crippen LogP contribution in [-0.4, -0.2) is 160 Å². The number of carbonyl (C=O) groups excluding carboxylic acids is 3. The molecule has 28 heteroatoms. The number of pyridine rings is 1. The molecule has 3 aliphatic heterocycles.